The third-order valence-corrected chi connectivity index (χ3v) is 2.72. The molecule has 6 heteroatoms. The first-order chi connectivity index (χ1) is 9.26. The molecule has 0 unspecified atom stereocenters. The van der Waals surface area contributed by atoms with Crippen molar-refractivity contribution in [1.82, 2.24) is 15.3 Å². The van der Waals surface area contributed by atoms with Crippen molar-refractivity contribution < 1.29 is 9.63 Å². The Morgan fingerprint density at radius 1 is 1.53 bits per heavy atom. The van der Waals surface area contributed by atoms with E-state index in [0.717, 1.165) is 17.8 Å². The number of rotatable bonds is 5. The average Bonchev–Trinajstić information content (AvgIpc) is 2.75. The predicted octanol–water partition coefficient (Wildman–Crippen LogP) is 2.09. The molecule has 1 aliphatic rings. The van der Waals surface area contributed by atoms with Gasteiger partial charge in [-0.3, -0.25) is 19.7 Å². The zero-order chi connectivity index (χ0) is 13.7. The van der Waals surface area contributed by atoms with Crippen LogP contribution in [-0.2, 0) is 9.63 Å². The summed E-state index contributed by atoms with van der Waals surface area (Å²) in [5, 5.41) is 8.17. The molecule has 0 aliphatic carbocycles. The minimum Gasteiger partial charge on any atom is -0.276 e. The van der Waals surface area contributed by atoms with Crippen LogP contribution < -0.4 is 0 Å². The molecular formula is C13H18N4O2. The van der Waals surface area contributed by atoms with Gasteiger partial charge in [-0.2, -0.15) is 5.10 Å². The first-order valence-corrected chi connectivity index (χ1v) is 6.47. The van der Waals surface area contributed by atoms with E-state index >= 15 is 0 Å². The lowest BCUT2D eigenvalue weighted by Gasteiger charge is -2.21. The Labute approximate surface area is 112 Å². The number of nitrogens with zero attached hydrogens (tertiary/aromatic N) is 3. The molecule has 0 bridgehead atoms. The van der Waals surface area contributed by atoms with Crippen LogP contribution >= 0.6 is 0 Å². The predicted molar refractivity (Wildman–Crippen MR) is 73.0 cm³/mol. The number of hydroxylamine groups is 2. The second-order valence-corrected chi connectivity index (χ2v) is 4.18. The lowest BCUT2D eigenvalue weighted by Crippen LogP contribution is -2.33. The quantitative estimate of drug-likeness (QED) is 0.826. The Hall–Kier alpha value is -1.95. The summed E-state index contributed by atoms with van der Waals surface area (Å²) in [4.78, 5) is 22.0. The molecule has 0 aromatic carbocycles. The first-order valence-electron chi connectivity index (χ1n) is 6.47. The van der Waals surface area contributed by atoms with Gasteiger partial charge in [0.05, 0.1) is 18.5 Å². The molecule has 0 saturated carbocycles. The van der Waals surface area contributed by atoms with Crippen LogP contribution in [0.15, 0.2) is 16.8 Å². The van der Waals surface area contributed by atoms with Gasteiger partial charge >= 0.3 is 0 Å². The minimum atomic E-state index is -0.113. The highest BCUT2D eigenvalue weighted by Crippen LogP contribution is 2.23. The summed E-state index contributed by atoms with van der Waals surface area (Å²) >= 11 is 0. The van der Waals surface area contributed by atoms with E-state index in [2.05, 4.69) is 15.2 Å². The maximum atomic E-state index is 12.4. The SMILES string of the molecule is CCCN(OCC)C(=O)C1=Cc2[nH]ncc2N=CC1. The van der Waals surface area contributed by atoms with Crippen molar-refractivity contribution >= 4 is 23.9 Å². The number of hydrogen-bond donors (Lipinski definition) is 1. The third-order valence-electron chi connectivity index (χ3n) is 2.72. The number of carbonyl (C=O) groups excluding carboxylic acids is 1. The molecule has 102 valence electrons. The van der Waals surface area contributed by atoms with E-state index in [1.807, 2.05) is 13.8 Å². The van der Waals surface area contributed by atoms with Gasteiger partial charge in [-0.05, 0) is 19.4 Å². The van der Waals surface area contributed by atoms with Gasteiger partial charge in [-0.15, -0.1) is 0 Å². The van der Waals surface area contributed by atoms with Crippen molar-refractivity contribution in [2.24, 2.45) is 4.99 Å². The zero-order valence-electron chi connectivity index (χ0n) is 11.2. The lowest BCUT2D eigenvalue weighted by molar-refractivity contribution is -0.180. The molecule has 1 aliphatic heterocycles. The Kier molecular flexibility index (Phi) is 4.46. The maximum absolute atomic E-state index is 12.4. The van der Waals surface area contributed by atoms with Gasteiger partial charge in [0.1, 0.15) is 5.69 Å². The van der Waals surface area contributed by atoms with E-state index in [9.17, 15) is 4.79 Å². The summed E-state index contributed by atoms with van der Waals surface area (Å²) in [7, 11) is 0. The highest BCUT2D eigenvalue weighted by Gasteiger charge is 2.19. The maximum Gasteiger partial charge on any atom is 0.273 e. The van der Waals surface area contributed by atoms with Crippen LogP contribution in [0.4, 0.5) is 5.69 Å². The molecule has 2 heterocycles. The smallest absolute Gasteiger partial charge is 0.273 e. The van der Waals surface area contributed by atoms with E-state index in [1.54, 1.807) is 18.5 Å². The molecule has 19 heavy (non-hydrogen) atoms. The second-order valence-electron chi connectivity index (χ2n) is 4.18. The fourth-order valence-corrected chi connectivity index (χ4v) is 1.87. The van der Waals surface area contributed by atoms with E-state index in [-0.39, 0.29) is 5.91 Å². The van der Waals surface area contributed by atoms with Crippen LogP contribution in [0.25, 0.3) is 6.08 Å². The second kappa shape index (κ2) is 6.29. The van der Waals surface area contributed by atoms with Crippen molar-refractivity contribution in [2.75, 3.05) is 13.2 Å². The summed E-state index contributed by atoms with van der Waals surface area (Å²) in [6, 6.07) is 0. The highest BCUT2D eigenvalue weighted by molar-refractivity contribution is 6.01. The van der Waals surface area contributed by atoms with Gasteiger partial charge in [0.2, 0.25) is 0 Å². The molecule has 0 radical (unpaired) electrons. The standard InChI is InChI=1S/C13H18N4O2/c1-3-7-17(19-4-2)13(18)10-5-6-14-12-9-15-16-11(12)8-10/h6,8-9H,3-5,7H2,1-2H3,(H,15,16). The normalized spacial score (nSPS) is 13.7. The molecule has 0 saturated heterocycles. The van der Waals surface area contributed by atoms with Crippen LogP contribution in [0.5, 0.6) is 0 Å². The molecule has 1 amide bonds. The number of aromatic nitrogens is 2. The molecule has 1 N–H and O–H groups in total. The fourth-order valence-electron chi connectivity index (χ4n) is 1.87. The van der Waals surface area contributed by atoms with Gasteiger partial charge < -0.3 is 0 Å². The lowest BCUT2D eigenvalue weighted by atomic mass is 10.1. The Morgan fingerprint density at radius 2 is 2.37 bits per heavy atom. The summed E-state index contributed by atoms with van der Waals surface area (Å²) in [5.41, 5.74) is 2.15. The van der Waals surface area contributed by atoms with Crippen LogP contribution in [0.3, 0.4) is 0 Å². The van der Waals surface area contributed by atoms with Crippen molar-refractivity contribution in [3.63, 3.8) is 0 Å². The molecule has 0 atom stereocenters. The van der Waals surface area contributed by atoms with Crippen LogP contribution in [0.1, 0.15) is 32.4 Å². The molecule has 1 aromatic heterocycles. The molecule has 6 nitrogen and oxygen atoms in total. The van der Waals surface area contributed by atoms with Gasteiger partial charge in [0, 0.05) is 24.8 Å². The van der Waals surface area contributed by atoms with E-state index in [4.69, 9.17) is 4.84 Å². The minimum absolute atomic E-state index is 0.113. The van der Waals surface area contributed by atoms with Crippen molar-refractivity contribution in [3.8, 4) is 0 Å². The molecular weight excluding hydrogens is 244 g/mol. The fraction of sp³-hybridized carbons (Fsp3) is 0.462. The number of aliphatic imine (C=N–C) groups is 1. The number of aromatic amines is 1. The van der Waals surface area contributed by atoms with E-state index in [1.165, 1.54) is 5.06 Å². The zero-order valence-corrected chi connectivity index (χ0v) is 11.2. The number of H-pyrrole nitrogens is 1. The Balaban J connectivity index is 2.21. The van der Waals surface area contributed by atoms with Gasteiger partial charge in [-0.1, -0.05) is 6.92 Å². The molecule has 0 fully saturated rings. The summed E-state index contributed by atoms with van der Waals surface area (Å²) < 4.78 is 0. The molecule has 0 spiro atoms. The number of amides is 1. The molecule has 2 rings (SSSR count). The summed E-state index contributed by atoms with van der Waals surface area (Å²) in [5.74, 6) is -0.113. The Morgan fingerprint density at radius 3 is 3.11 bits per heavy atom. The molecule has 1 aromatic rings. The van der Waals surface area contributed by atoms with Crippen LogP contribution in [0, 0.1) is 0 Å². The van der Waals surface area contributed by atoms with E-state index < -0.39 is 0 Å². The van der Waals surface area contributed by atoms with Crippen LogP contribution in [-0.4, -0.2) is 40.5 Å². The number of hydrogen-bond acceptors (Lipinski definition) is 4. The van der Waals surface area contributed by atoms with Crippen molar-refractivity contribution in [3.05, 3.63) is 17.5 Å². The van der Waals surface area contributed by atoms with Gasteiger partial charge in [0.25, 0.3) is 5.91 Å². The van der Waals surface area contributed by atoms with Crippen LogP contribution in [0.2, 0.25) is 0 Å². The summed E-state index contributed by atoms with van der Waals surface area (Å²) in [6.07, 6.45) is 6.50. The first kappa shape index (κ1) is 13.5. The Bertz CT molecular complexity index is 498. The summed E-state index contributed by atoms with van der Waals surface area (Å²) in [6.45, 7) is 4.93. The highest BCUT2D eigenvalue weighted by atomic mass is 16.7. The average molecular weight is 262 g/mol. The number of fused-ring (bicyclic) bond motifs is 1. The van der Waals surface area contributed by atoms with Crippen molar-refractivity contribution in [1.29, 1.82) is 0 Å². The number of nitrogens with one attached hydrogen (secondary N) is 1. The largest absolute Gasteiger partial charge is 0.276 e. The van der Waals surface area contributed by atoms with Gasteiger partial charge in [0.15, 0.2) is 0 Å². The monoisotopic (exact) mass is 262 g/mol. The van der Waals surface area contributed by atoms with Crippen molar-refractivity contribution in [2.45, 2.75) is 26.7 Å². The van der Waals surface area contributed by atoms with Gasteiger partial charge in [-0.25, -0.2) is 5.06 Å². The topological polar surface area (TPSA) is 70.6 Å². The third kappa shape index (κ3) is 3.08. The van der Waals surface area contributed by atoms with E-state index in [0.29, 0.717) is 25.1 Å². The number of carbonyl (C=O) groups is 1.